The van der Waals surface area contributed by atoms with Gasteiger partial charge in [-0.25, -0.2) is 4.79 Å². The SMILES string of the molecule is O=C(OCC(Cl)(Cl)Cl)N1C2CCCCC21. The zero-order valence-electron chi connectivity index (χ0n) is 8.09. The van der Waals surface area contributed by atoms with Crippen LogP contribution in [0.1, 0.15) is 25.7 Å². The monoisotopic (exact) mass is 271 g/mol. The van der Waals surface area contributed by atoms with Crippen LogP contribution in [0.5, 0.6) is 0 Å². The van der Waals surface area contributed by atoms with Crippen molar-refractivity contribution in [1.29, 1.82) is 0 Å². The minimum Gasteiger partial charge on any atom is -0.445 e. The largest absolute Gasteiger partial charge is 0.445 e. The van der Waals surface area contributed by atoms with Crippen molar-refractivity contribution < 1.29 is 9.53 Å². The quantitative estimate of drug-likeness (QED) is 0.542. The van der Waals surface area contributed by atoms with Crippen LogP contribution < -0.4 is 0 Å². The highest BCUT2D eigenvalue weighted by Gasteiger charge is 2.52. The summed E-state index contributed by atoms with van der Waals surface area (Å²) in [5.41, 5.74) is 0. The minimum atomic E-state index is -1.52. The number of nitrogens with zero attached hydrogens (tertiary/aromatic N) is 1. The van der Waals surface area contributed by atoms with Crippen molar-refractivity contribution in [2.75, 3.05) is 6.61 Å². The maximum atomic E-state index is 11.5. The van der Waals surface area contributed by atoms with E-state index in [4.69, 9.17) is 39.5 Å². The number of ether oxygens (including phenoxy) is 1. The highest BCUT2D eigenvalue weighted by Crippen LogP contribution is 2.41. The lowest BCUT2D eigenvalue weighted by Crippen LogP contribution is -2.22. The second kappa shape index (κ2) is 4.19. The van der Waals surface area contributed by atoms with Gasteiger partial charge in [-0.3, -0.25) is 4.90 Å². The van der Waals surface area contributed by atoms with Gasteiger partial charge in [-0.1, -0.05) is 47.6 Å². The molecule has 0 N–H and O–H groups in total. The van der Waals surface area contributed by atoms with E-state index in [-0.39, 0.29) is 12.7 Å². The first-order valence-corrected chi connectivity index (χ1v) is 6.14. The number of halogens is 3. The number of alkyl halides is 3. The Kier molecular flexibility index (Phi) is 3.25. The Bertz CT molecular complexity index is 255. The Hall–Kier alpha value is 0.140. The van der Waals surface area contributed by atoms with Crippen molar-refractivity contribution in [2.45, 2.75) is 41.6 Å². The smallest absolute Gasteiger partial charge is 0.410 e. The number of amides is 1. The first-order chi connectivity index (χ1) is 6.99. The van der Waals surface area contributed by atoms with Gasteiger partial charge >= 0.3 is 6.09 Å². The summed E-state index contributed by atoms with van der Waals surface area (Å²) in [6.07, 6.45) is 4.18. The predicted octanol–water partition coefficient (Wildman–Crippen LogP) is 3.12. The molecule has 86 valence electrons. The van der Waals surface area contributed by atoms with Crippen molar-refractivity contribution in [2.24, 2.45) is 0 Å². The molecule has 6 heteroatoms. The van der Waals surface area contributed by atoms with Gasteiger partial charge in [0.2, 0.25) is 3.79 Å². The van der Waals surface area contributed by atoms with Gasteiger partial charge in [0.15, 0.2) is 0 Å². The van der Waals surface area contributed by atoms with Crippen molar-refractivity contribution >= 4 is 40.9 Å². The van der Waals surface area contributed by atoms with Crippen LogP contribution in [0.2, 0.25) is 0 Å². The first-order valence-electron chi connectivity index (χ1n) is 5.01. The number of likely N-dealkylation sites (tertiary alicyclic amines) is 1. The summed E-state index contributed by atoms with van der Waals surface area (Å²) in [7, 11) is 0. The van der Waals surface area contributed by atoms with Gasteiger partial charge in [0.25, 0.3) is 0 Å². The van der Waals surface area contributed by atoms with Crippen molar-refractivity contribution in [3.05, 3.63) is 0 Å². The van der Waals surface area contributed by atoms with Gasteiger partial charge in [-0.05, 0) is 12.8 Å². The summed E-state index contributed by atoms with van der Waals surface area (Å²) in [4.78, 5) is 13.3. The maximum absolute atomic E-state index is 11.5. The van der Waals surface area contributed by atoms with Crippen LogP contribution in [0.15, 0.2) is 0 Å². The lowest BCUT2D eigenvalue weighted by Gasteiger charge is -2.11. The fraction of sp³-hybridized carbons (Fsp3) is 0.889. The molecule has 0 radical (unpaired) electrons. The third-order valence-corrected chi connectivity index (χ3v) is 3.22. The summed E-state index contributed by atoms with van der Waals surface area (Å²) in [6.45, 7) is -0.188. The van der Waals surface area contributed by atoms with E-state index in [1.165, 1.54) is 12.8 Å². The zero-order chi connectivity index (χ0) is 11.1. The van der Waals surface area contributed by atoms with Crippen LogP contribution in [-0.2, 0) is 4.74 Å². The van der Waals surface area contributed by atoms with Gasteiger partial charge in [-0.2, -0.15) is 0 Å². The normalized spacial score (nSPS) is 29.7. The fourth-order valence-electron chi connectivity index (χ4n) is 2.19. The molecule has 1 aliphatic heterocycles. The van der Waals surface area contributed by atoms with Gasteiger partial charge in [-0.15, -0.1) is 0 Å². The number of rotatable bonds is 1. The lowest BCUT2D eigenvalue weighted by molar-refractivity contribution is 0.128. The molecule has 0 aromatic carbocycles. The van der Waals surface area contributed by atoms with Gasteiger partial charge < -0.3 is 4.74 Å². The second-order valence-electron chi connectivity index (χ2n) is 4.00. The molecule has 0 aromatic rings. The molecule has 2 fully saturated rings. The Labute approximate surface area is 104 Å². The average Bonchev–Trinajstić information content (AvgIpc) is 2.87. The molecule has 1 aliphatic carbocycles. The molecule has 0 aromatic heterocycles. The molecule has 1 saturated carbocycles. The van der Waals surface area contributed by atoms with Crippen LogP contribution in [0.4, 0.5) is 4.79 Å². The van der Waals surface area contributed by atoms with E-state index >= 15 is 0 Å². The van der Waals surface area contributed by atoms with Gasteiger partial charge in [0.05, 0.1) is 12.1 Å². The highest BCUT2D eigenvalue weighted by molar-refractivity contribution is 6.67. The molecule has 1 heterocycles. The van der Waals surface area contributed by atoms with E-state index in [1.54, 1.807) is 4.90 Å². The molecule has 2 atom stereocenters. The summed E-state index contributed by atoms with van der Waals surface area (Å²) in [5.74, 6) is 0. The minimum absolute atomic E-state index is 0.188. The summed E-state index contributed by atoms with van der Waals surface area (Å²) < 4.78 is 3.40. The molecule has 1 saturated heterocycles. The Morgan fingerprint density at radius 1 is 1.27 bits per heavy atom. The number of fused-ring (bicyclic) bond motifs is 1. The van der Waals surface area contributed by atoms with E-state index in [9.17, 15) is 4.79 Å². The number of carbonyl (C=O) groups excluding carboxylic acids is 1. The molecule has 15 heavy (non-hydrogen) atoms. The number of hydrogen-bond acceptors (Lipinski definition) is 2. The molecular weight excluding hydrogens is 260 g/mol. The van der Waals surface area contributed by atoms with E-state index in [0.29, 0.717) is 12.1 Å². The van der Waals surface area contributed by atoms with Crippen LogP contribution in [-0.4, -0.2) is 33.5 Å². The molecule has 2 unspecified atom stereocenters. The van der Waals surface area contributed by atoms with E-state index in [1.807, 2.05) is 0 Å². The third kappa shape index (κ3) is 2.83. The fourth-order valence-corrected chi connectivity index (χ4v) is 2.36. The summed E-state index contributed by atoms with van der Waals surface area (Å²) in [6, 6.07) is 0.753. The Morgan fingerprint density at radius 2 is 1.80 bits per heavy atom. The van der Waals surface area contributed by atoms with Crippen molar-refractivity contribution in [3.8, 4) is 0 Å². The van der Waals surface area contributed by atoms with Crippen LogP contribution in [0.25, 0.3) is 0 Å². The maximum Gasteiger partial charge on any atom is 0.410 e. The van der Waals surface area contributed by atoms with Gasteiger partial charge in [0.1, 0.15) is 6.61 Å². The van der Waals surface area contributed by atoms with Crippen LogP contribution in [0, 0.1) is 0 Å². The number of hydrogen-bond donors (Lipinski definition) is 0. The van der Waals surface area contributed by atoms with Crippen LogP contribution >= 0.6 is 34.8 Å². The third-order valence-electron chi connectivity index (χ3n) is 2.89. The Morgan fingerprint density at radius 3 is 2.27 bits per heavy atom. The summed E-state index contributed by atoms with van der Waals surface area (Å²) in [5, 5.41) is 0. The number of carbonyl (C=O) groups is 1. The average molecular weight is 273 g/mol. The molecule has 0 bridgehead atoms. The van der Waals surface area contributed by atoms with E-state index < -0.39 is 3.79 Å². The zero-order valence-corrected chi connectivity index (χ0v) is 10.4. The molecule has 2 aliphatic rings. The molecular formula is C9H12Cl3NO2. The molecule has 0 spiro atoms. The lowest BCUT2D eigenvalue weighted by atomic mass is 10.0. The second-order valence-corrected chi connectivity index (χ2v) is 6.51. The topological polar surface area (TPSA) is 29.3 Å². The van der Waals surface area contributed by atoms with Crippen molar-refractivity contribution in [1.82, 2.24) is 4.90 Å². The van der Waals surface area contributed by atoms with Crippen molar-refractivity contribution in [3.63, 3.8) is 0 Å². The standard InChI is InChI=1S/C9H12Cl3NO2/c10-9(11,12)5-15-8(14)13-6-3-1-2-4-7(6)13/h6-7H,1-5H2. The predicted molar refractivity (Wildman–Crippen MR) is 59.5 cm³/mol. The molecule has 2 rings (SSSR count). The van der Waals surface area contributed by atoms with E-state index in [0.717, 1.165) is 12.8 Å². The van der Waals surface area contributed by atoms with E-state index in [2.05, 4.69) is 0 Å². The first kappa shape index (κ1) is 11.6. The van der Waals surface area contributed by atoms with Crippen LogP contribution in [0.3, 0.4) is 0 Å². The summed E-state index contributed by atoms with van der Waals surface area (Å²) >= 11 is 16.5. The highest BCUT2D eigenvalue weighted by atomic mass is 35.6. The molecule has 1 amide bonds. The molecule has 3 nitrogen and oxygen atoms in total. The Balaban J connectivity index is 1.78. The van der Waals surface area contributed by atoms with Gasteiger partial charge in [0, 0.05) is 0 Å².